The lowest BCUT2D eigenvalue weighted by Gasteiger charge is -2.33. The molecule has 2 amide bonds. The maximum atomic E-state index is 14.1. The Morgan fingerprint density at radius 3 is 2.23 bits per heavy atom. The van der Waals surface area contributed by atoms with Gasteiger partial charge in [-0.15, -0.1) is 0 Å². The number of amides is 2. The number of rotatable bonds is 13. The third-order valence-corrected chi connectivity index (χ3v) is 9.71. The number of carbonyl (C=O) groups is 2. The van der Waals surface area contributed by atoms with E-state index in [1.165, 1.54) is 49.5 Å². The van der Waals surface area contributed by atoms with Crippen molar-refractivity contribution in [2.24, 2.45) is 0 Å². The summed E-state index contributed by atoms with van der Waals surface area (Å²) in [5, 5.41) is 3.09. The molecule has 9 nitrogen and oxygen atoms in total. The highest BCUT2D eigenvalue weighted by Gasteiger charge is 2.33. The Kier molecular flexibility index (Phi) is 11.2. The van der Waals surface area contributed by atoms with E-state index in [1.807, 2.05) is 30.3 Å². The Balaban J connectivity index is 1.66. The van der Waals surface area contributed by atoms with Crippen LogP contribution in [0.4, 0.5) is 10.1 Å². The number of sulfonamides is 1. The van der Waals surface area contributed by atoms with Gasteiger partial charge in [-0.05, 0) is 68.1 Å². The third kappa shape index (κ3) is 8.07. The fourth-order valence-corrected chi connectivity index (χ4v) is 6.81. The summed E-state index contributed by atoms with van der Waals surface area (Å²) >= 11 is 0. The zero-order valence-electron chi connectivity index (χ0n) is 25.4. The van der Waals surface area contributed by atoms with Crippen LogP contribution < -0.4 is 19.1 Å². The number of ether oxygens (including phenoxy) is 2. The van der Waals surface area contributed by atoms with Crippen LogP contribution in [0, 0.1) is 5.82 Å². The number of hydrogen-bond acceptors (Lipinski definition) is 6. The SMILES string of the molecule is COc1ccc(S(=O)(=O)N(CC(=O)N(CCc2ccccc2)[C@H](C)C(=O)NC2CCCCC2)c2ccc(F)cc2)cc1OC. The lowest BCUT2D eigenvalue weighted by molar-refractivity contribution is -0.139. The van der Waals surface area contributed by atoms with E-state index >= 15 is 0 Å². The molecule has 11 heteroatoms. The van der Waals surface area contributed by atoms with Crippen LogP contribution in [0.2, 0.25) is 0 Å². The van der Waals surface area contributed by atoms with E-state index in [0.29, 0.717) is 12.2 Å². The van der Waals surface area contributed by atoms with E-state index in [4.69, 9.17) is 9.47 Å². The number of benzene rings is 3. The monoisotopic (exact) mass is 625 g/mol. The van der Waals surface area contributed by atoms with Crippen molar-refractivity contribution in [1.82, 2.24) is 10.2 Å². The highest BCUT2D eigenvalue weighted by atomic mass is 32.2. The molecule has 0 radical (unpaired) electrons. The molecule has 0 bridgehead atoms. The maximum absolute atomic E-state index is 14.1. The van der Waals surface area contributed by atoms with Crippen molar-refractivity contribution in [3.8, 4) is 11.5 Å². The molecule has 44 heavy (non-hydrogen) atoms. The van der Waals surface area contributed by atoms with E-state index in [1.54, 1.807) is 6.92 Å². The van der Waals surface area contributed by atoms with Gasteiger partial charge in [-0.1, -0.05) is 49.6 Å². The Labute approximate surface area is 259 Å². The van der Waals surface area contributed by atoms with E-state index in [9.17, 15) is 22.4 Å². The summed E-state index contributed by atoms with van der Waals surface area (Å²) in [5.41, 5.74) is 1.07. The minimum Gasteiger partial charge on any atom is -0.493 e. The van der Waals surface area contributed by atoms with Gasteiger partial charge in [-0.2, -0.15) is 0 Å². The number of nitrogens with zero attached hydrogens (tertiary/aromatic N) is 2. The number of carbonyl (C=O) groups excluding carboxylic acids is 2. The first kappa shape index (κ1) is 32.8. The molecule has 0 saturated heterocycles. The van der Waals surface area contributed by atoms with Crippen LogP contribution in [0.15, 0.2) is 77.7 Å². The quantitative estimate of drug-likeness (QED) is 0.288. The largest absolute Gasteiger partial charge is 0.493 e. The summed E-state index contributed by atoms with van der Waals surface area (Å²) in [4.78, 5) is 28.8. The van der Waals surface area contributed by atoms with Gasteiger partial charge in [0, 0.05) is 18.7 Å². The minimum absolute atomic E-state index is 0.0471. The molecule has 1 fully saturated rings. The molecule has 1 atom stereocenters. The molecule has 4 rings (SSSR count). The average molecular weight is 626 g/mol. The molecule has 0 spiro atoms. The van der Waals surface area contributed by atoms with Gasteiger partial charge < -0.3 is 19.7 Å². The Morgan fingerprint density at radius 1 is 0.932 bits per heavy atom. The number of anilines is 1. The second-order valence-electron chi connectivity index (χ2n) is 10.8. The van der Waals surface area contributed by atoms with Gasteiger partial charge >= 0.3 is 0 Å². The zero-order chi connectivity index (χ0) is 31.7. The molecular formula is C33H40FN3O6S. The summed E-state index contributed by atoms with van der Waals surface area (Å²) in [7, 11) is -1.54. The van der Waals surface area contributed by atoms with Gasteiger partial charge in [0.05, 0.1) is 24.8 Å². The molecule has 0 aliphatic heterocycles. The van der Waals surface area contributed by atoms with Gasteiger partial charge in [0.1, 0.15) is 18.4 Å². The number of hydrogen-bond donors (Lipinski definition) is 1. The van der Waals surface area contributed by atoms with Crippen molar-refractivity contribution >= 4 is 27.5 Å². The van der Waals surface area contributed by atoms with Crippen molar-refractivity contribution in [3.05, 3.63) is 84.2 Å². The van der Waals surface area contributed by atoms with Crippen molar-refractivity contribution in [1.29, 1.82) is 0 Å². The van der Waals surface area contributed by atoms with E-state index in [-0.39, 0.29) is 34.8 Å². The lowest BCUT2D eigenvalue weighted by Crippen LogP contribution is -2.53. The van der Waals surface area contributed by atoms with Gasteiger partial charge in [0.2, 0.25) is 11.8 Å². The molecular weight excluding hydrogens is 585 g/mol. The highest BCUT2D eigenvalue weighted by Crippen LogP contribution is 2.32. The van der Waals surface area contributed by atoms with Crippen molar-refractivity contribution < 1.29 is 31.9 Å². The van der Waals surface area contributed by atoms with Gasteiger partial charge in [-0.3, -0.25) is 13.9 Å². The standard InChI is InChI=1S/C33H40FN3O6S/c1-24(33(39)35-27-12-8-5-9-13-27)36(21-20-25-10-6-4-7-11-25)32(38)23-37(28-16-14-26(34)15-17-28)44(40,41)29-18-19-30(42-2)31(22-29)43-3/h4,6-7,10-11,14-19,22,24,27H,5,8-9,12-13,20-21,23H2,1-3H3,(H,35,39)/t24-/m1/s1. The molecule has 3 aromatic carbocycles. The predicted molar refractivity (Wildman–Crippen MR) is 167 cm³/mol. The van der Waals surface area contributed by atoms with Crippen LogP contribution in [-0.4, -0.2) is 64.5 Å². The highest BCUT2D eigenvalue weighted by molar-refractivity contribution is 7.92. The van der Waals surface area contributed by atoms with E-state index in [0.717, 1.165) is 54.1 Å². The zero-order valence-corrected chi connectivity index (χ0v) is 26.2. The summed E-state index contributed by atoms with van der Waals surface area (Å²) in [5.74, 6) is -0.881. The average Bonchev–Trinajstić information content (AvgIpc) is 3.04. The molecule has 0 heterocycles. The Morgan fingerprint density at radius 2 is 1.59 bits per heavy atom. The van der Waals surface area contributed by atoms with E-state index in [2.05, 4.69) is 5.32 Å². The first-order chi connectivity index (χ1) is 21.1. The van der Waals surface area contributed by atoms with Crippen molar-refractivity contribution in [2.45, 2.75) is 62.4 Å². The first-order valence-electron chi connectivity index (χ1n) is 14.8. The topological polar surface area (TPSA) is 105 Å². The number of methoxy groups -OCH3 is 2. The van der Waals surface area contributed by atoms with Gasteiger partial charge in [0.25, 0.3) is 10.0 Å². The smallest absolute Gasteiger partial charge is 0.264 e. The Hall–Kier alpha value is -4.12. The first-order valence-corrected chi connectivity index (χ1v) is 16.2. The number of halogens is 1. The molecule has 3 aromatic rings. The van der Waals surface area contributed by atoms with Crippen LogP contribution in [0.1, 0.15) is 44.6 Å². The minimum atomic E-state index is -4.36. The molecule has 1 aliphatic carbocycles. The summed E-state index contributed by atoms with van der Waals surface area (Å²) in [6, 6.07) is 17.7. The fourth-order valence-electron chi connectivity index (χ4n) is 5.38. The Bertz CT molecular complexity index is 1510. The molecule has 236 valence electrons. The maximum Gasteiger partial charge on any atom is 0.264 e. The molecule has 0 aromatic heterocycles. The molecule has 1 N–H and O–H groups in total. The van der Waals surface area contributed by atoms with Gasteiger partial charge in [-0.25, -0.2) is 12.8 Å². The summed E-state index contributed by atoms with van der Waals surface area (Å²) in [6.45, 7) is 1.24. The summed E-state index contributed by atoms with van der Waals surface area (Å²) in [6.07, 6.45) is 5.45. The van der Waals surface area contributed by atoms with Crippen LogP contribution in [0.25, 0.3) is 0 Å². The summed E-state index contributed by atoms with van der Waals surface area (Å²) < 4.78 is 53.5. The molecule has 1 saturated carbocycles. The van der Waals surface area contributed by atoms with Crippen LogP contribution in [0.3, 0.4) is 0 Å². The van der Waals surface area contributed by atoms with Crippen LogP contribution in [-0.2, 0) is 26.0 Å². The van der Waals surface area contributed by atoms with Crippen LogP contribution in [0.5, 0.6) is 11.5 Å². The van der Waals surface area contributed by atoms with E-state index < -0.39 is 34.3 Å². The van der Waals surface area contributed by atoms with Gasteiger partial charge in [0.15, 0.2) is 11.5 Å². The molecule has 0 unspecified atom stereocenters. The third-order valence-electron chi connectivity index (χ3n) is 7.94. The normalized spacial score (nSPS) is 14.4. The molecule has 1 aliphatic rings. The van der Waals surface area contributed by atoms with Crippen molar-refractivity contribution in [3.63, 3.8) is 0 Å². The van der Waals surface area contributed by atoms with Crippen molar-refractivity contribution in [2.75, 3.05) is 31.6 Å². The predicted octanol–water partition coefficient (Wildman–Crippen LogP) is 4.95. The number of nitrogens with one attached hydrogen (secondary N) is 1. The fraction of sp³-hybridized carbons (Fsp3) is 0.394. The lowest BCUT2D eigenvalue weighted by atomic mass is 9.95. The van der Waals surface area contributed by atoms with Crippen LogP contribution >= 0.6 is 0 Å². The second kappa shape index (κ2) is 15.1. The second-order valence-corrected chi connectivity index (χ2v) is 12.7.